The molecule has 5 nitrogen and oxygen atoms in total. The van der Waals surface area contributed by atoms with Crippen LogP contribution in [0.4, 0.5) is 25.0 Å². The predicted molar refractivity (Wildman–Crippen MR) is 114 cm³/mol. The number of methoxy groups -OCH3 is 1. The number of ether oxygens (including phenoxy) is 1. The van der Waals surface area contributed by atoms with Gasteiger partial charge in [-0.15, -0.1) is 0 Å². The Kier molecular flexibility index (Phi) is 5.56. The standard InChI is InChI=1S/C22H14Cl2F2N2O3/c1-31-21(29)11-8-12(19-16(25)6-3-7-17(19)26)13-10-27-22(30)28(18(13)9-11)20-14(23)4-2-5-15(20)24/h2-9H,10H2,1H3,(H,27,30). The molecule has 0 radical (unpaired) electrons. The first-order valence-electron chi connectivity index (χ1n) is 9.05. The molecule has 1 heterocycles. The third-order valence-corrected chi connectivity index (χ3v) is 5.51. The molecule has 4 rings (SSSR count). The number of nitrogens with one attached hydrogen (secondary N) is 1. The van der Waals surface area contributed by atoms with Crippen molar-refractivity contribution in [2.75, 3.05) is 12.0 Å². The molecule has 1 aliphatic rings. The van der Waals surface area contributed by atoms with Crippen LogP contribution in [0.25, 0.3) is 11.1 Å². The maximum Gasteiger partial charge on any atom is 0.337 e. The number of carbonyl (C=O) groups excluding carboxylic acids is 2. The van der Waals surface area contributed by atoms with E-state index in [1.165, 1.54) is 30.2 Å². The number of hydrogen-bond donors (Lipinski definition) is 1. The first-order valence-corrected chi connectivity index (χ1v) is 9.80. The summed E-state index contributed by atoms with van der Waals surface area (Å²) in [7, 11) is 1.18. The summed E-state index contributed by atoms with van der Waals surface area (Å²) in [5.74, 6) is -2.37. The quantitative estimate of drug-likeness (QED) is 0.479. The highest BCUT2D eigenvalue weighted by Crippen LogP contribution is 2.44. The van der Waals surface area contributed by atoms with E-state index in [0.717, 1.165) is 12.1 Å². The molecule has 1 N–H and O–H groups in total. The second-order valence-electron chi connectivity index (χ2n) is 6.67. The van der Waals surface area contributed by atoms with Crippen LogP contribution in [0.2, 0.25) is 10.0 Å². The lowest BCUT2D eigenvalue weighted by atomic mass is 9.93. The number of anilines is 2. The van der Waals surface area contributed by atoms with E-state index in [0.29, 0.717) is 5.56 Å². The van der Waals surface area contributed by atoms with E-state index in [9.17, 15) is 18.4 Å². The molecule has 3 aromatic carbocycles. The molecule has 0 saturated heterocycles. The van der Waals surface area contributed by atoms with Crippen LogP contribution in [0.5, 0.6) is 0 Å². The van der Waals surface area contributed by atoms with Crippen LogP contribution in [0.15, 0.2) is 48.5 Å². The van der Waals surface area contributed by atoms with Gasteiger partial charge in [-0.2, -0.15) is 0 Å². The van der Waals surface area contributed by atoms with E-state index >= 15 is 0 Å². The molecule has 31 heavy (non-hydrogen) atoms. The second kappa shape index (κ2) is 8.17. The number of hydrogen-bond acceptors (Lipinski definition) is 3. The maximum absolute atomic E-state index is 14.6. The average molecular weight is 463 g/mol. The van der Waals surface area contributed by atoms with E-state index in [4.69, 9.17) is 27.9 Å². The van der Waals surface area contributed by atoms with Gasteiger partial charge in [-0.05, 0) is 42.0 Å². The fraction of sp³-hybridized carbons (Fsp3) is 0.0909. The average Bonchev–Trinajstić information content (AvgIpc) is 2.74. The molecule has 1 aliphatic heterocycles. The molecular formula is C22H14Cl2F2N2O3. The molecule has 3 aromatic rings. The number of amides is 2. The molecule has 0 aromatic heterocycles. The minimum Gasteiger partial charge on any atom is -0.465 e. The number of benzene rings is 3. The van der Waals surface area contributed by atoms with E-state index in [1.807, 2.05) is 0 Å². The predicted octanol–water partition coefficient (Wildman–Crippen LogP) is 6.09. The van der Waals surface area contributed by atoms with Gasteiger partial charge in [0.05, 0.1) is 39.7 Å². The molecule has 0 saturated carbocycles. The van der Waals surface area contributed by atoms with Crippen LogP contribution < -0.4 is 10.2 Å². The zero-order valence-electron chi connectivity index (χ0n) is 16.0. The first kappa shape index (κ1) is 21.1. The lowest BCUT2D eigenvalue weighted by molar-refractivity contribution is 0.0600. The van der Waals surface area contributed by atoms with Gasteiger partial charge in [-0.25, -0.2) is 18.4 Å². The number of para-hydroxylation sites is 1. The van der Waals surface area contributed by atoms with Crippen molar-refractivity contribution in [3.8, 4) is 11.1 Å². The topological polar surface area (TPSA) is 58.6 Å². The number of esters is 1. The van der Waals surface area contributed by atoms with Crippen molar-refractivity contribution in [2.24, 2.45) is 0 Å². The van der Waals surface area contributed by atoms with Crippen molar-refractivity contribution < 1.29 is 23.1 Å². The van der Waals surface area contributed by atoms with Gasteiger partial charge in [0.15, 0.2) is 0 Å². The molecule has 0 atom stereocenters. The van der Waals surface area contributed by atoms with E-state index in [-0.39, 0.29) is 44.7 Å². The Balaban J connectivity index is 2.07. The van der Waals surface area contributed by atoms with E-state index < -0.39 is 23.6 Å². The number of halogens is 4. The van der Waals surface area contributed by atoms with Gasteiger partial charge in [0, 0.05) is 12.1 Å². The van der Waals surface area contributed by atoms with Crippen molar-refractivity contribution in [1.29, 1.82) is 0 Å². The number of fused-ring (bicyclic) bond motifs is 1. The molecule has 0 spiro atoms. The summed E-state index contributed by atoms with van der Waals surface area (Å²) in [6.45, 7) is -0.0305. The van der Waals surface area contributed by atoms with Gasteiger partial charge < -0.3 is 10.1 Å². The fourth-order valence-corrected chi connectivity index (χ4v) is 4.10. The van der Waals surface area contributed by atoms with Crippen molar-refractivity contribution in [3.05, 3.63) is 81.3 Å². The molecule has 2 amide bonds. The van der Waals surface area contributed by atoms with Crippen molar-refractivity contribution in [1.82, 2.24) is 5.32 Å². The second-order valence-corrected chi connectivity index (χ2v) is 7.49. The van der Waals surface area contributed by atoms with Gasteiger partial charge in [0.25, 0.3) is 0 Å². The Morgan fingerprint density at radius 3 is 2.29 bits per heavy atom. The highest BCUT2D eigenvalue weighted by molar-refractivity contribution is 6.40. The normalized spacial score (nSPS) is 12.9. The Labute approximate surface area is 186 Å². The monoisotopic (exact) mass is 462 g/mol. The summed E-state index contributed by atoms with van der Waals surface area (Å²) < 4.78 is 34.1. The zero-order valence-corrected chi connectivity index (χ0v) is 17.5. The van der Waals surface area contributed by atoms with Gasteiger partial charge in [-0.1, -0.05) is 35.3 Å². The van der Waals surface area contributed by atoms with Crippen LogP contribution in [0.3, 0.4) is 0 Å². The Bertz CT molecular complexity index is 1190. The summed E-state index contributed by atoms with van der Waals surface area (Å²) in [5, 5.41) is 3.02. The maximum atomic E-state index is 14.6. The molecule has 158 valence electrons. The Hall–Kier alpha value is -3.16. The van der Waals surface area contributed by atoms with Gasteiger partial charge in [-0.3, -0.25) is 4.90 Å². The summed E-state index contributed by atoms with van der Waals surface area (Å²) in [5.41, 5.74) is 0.534. The third-order valence-electron chi connectivity index (χ3n) is 4.90. The lowest BCUT2D eigenvalue weighted by Crippen LogP contribution is -2.42. The van der Waals surface area contributed by atoms with Crippen LogP contribution in [-0.4, -0.2) is 19.1 Å². The summed E-state index contributed by atoms with van der Waals surface area (Å²) in [6.07, 6.45) is 0. The molecule has 0 bridgehead atoms. The van der Waals surface area contributed by atoms with Crippen LogP contribution in [0.1, 0.15) is 15.9 Å². The number of carbonyl (C=O) groups is 2. The summed E-state index contributed by atoms with van der Waals surface area (Å²) >= 11 is 12.6. The van der Waals surface area contributed by atoms with Gasteiger partial charge in [0.2, 0.25) is 0 Å². The van der Waals surface area contributed by atoms with Crippen molar-refractivity contribution >= 4 is 46.6 Å². The van der Waals surface area contributed by atoms with Crippen LogP contribution in [-0.2, 0) is 11.3 Å². The molecule has 0 aliphatic carbocycles. The van der Waals surface area contributed by atoms with Crippen LogP contribution >= 0.6 is 23.2 Å². The van der Waals surface area contributed by atoms with E-state index in [2.05, 4.69) is 5.32 Å². The first-order chi connectivity index (χ1) is 14.8. The smallest absolute Gasteiger partial charge is 0.337 e. The summed E-state index contributed by atoms with van der Waals surface area (Å²) in [6, 6.07) is 10.3. The minimum absolute atomic E-state index is 0.00165. The molecule has 0 fully saturated rings. The highest BCUT2D eigenvalue weighted by atomic mass is 35.5. The van der Waals surface area contributed by atoms with Crippen molar-refractivity contribution in [3.63, 3.8) is 0 Å². The largest absolute Gasteiger partial charge is 0.465 e. The zero-order chi connectivity index (χ0) is 22.3. The number of nitrogens with zero attached hydrogens (tertiary/aromatic N) is 1. The van der Waals surface area contributed by atoms with Crippen molar-refractivity contribution in [2.45, 2.75) is 6.54 Å². The third kappa shape index (κ3) is 3.60. The minimum atomic E-state index is -0.816. The molecular weight excluding hydrogens is 449 g/mol. The number of urea groups is 1. The van der Waals surface area contributed by atoms with Crippen LogP contribution in [0, 0.1) is 11.6 Å². The number of rotatable bonds is 3. The fourth-order valence-electron chi connectivity index (χ4n) is 3.53. The SMILES string of the molecule is COC(=O)c1cc(-c2c(F)cccc2F)c2c(c1)N(c1c(Cl)cccc1Cl)C(=O)NC2. The molecule has 9 heteroatoms. The highest BCUT2D eigenvalue weighted by Gasteiger charge is 2.32. The lowest BCUT2D eigenvalue weighted by Gasteiger charge is -2.33. The van der Waals surface area contributed by atoms with E-state index in [1.54, 1.807) is 18.2 Å². The summed E-state index contributed by atoms with van der Waals surface area (Å²) in [4.78, 5) is 26.3. The van der Waals surface area contributed by atoms with Gasteiger partial charge >= 0.3 is 12.0 Å². The molecule has 0 unspecified atom stereocenters. The Morgan fingerprint density at radius 2 is 1.68 bits per heavy atom. The van der Waals surface area contributed by atoms with Gasteiger partial charge in [0.1, 0.15) is 11.6 Å². The Morgan fingerprint density at radius 1 is 1.06 bits per heavy atom.